The van der Waals surface area contributed by atoms with Crippen molar-refractivity contribution in [2.75, 3.05) is 0 Å². The molecule has 0 spiro atoms. The van der Waals surface area contributed by atoms with Gasteiger partial charge >= 0.3 is 0 Å². The van der Waals surface area contributed by atoms with Crippen molar-refractivity contribution in [2.24, 2.45) is 0 Å². The number of nitrogens with zero attached hydrogens (tertiary/aromatic N) is 1. The lowest BCUT2D eigenvalue weighted by Crippen LogP contribution is -2.11. The molecule has 52 valence electrons. The van der Waals surface area contributed by atoms with E-state index in [1.807, 2.05) is 26.0 Å². The summed E-state index contributed by atoms with van der Waals surface area (Å²) < 4.78 is 5.06. The SMILES string of the molecule is CC1=COC(C#N)C(C)=C1. The molecule has 1 aliphatic rings. The normalized spacial score (nSPS) is 23.9. The average Bonchev–Trinajstić information content (AvgIpc) is 1.88. The third-order valence-corrected chi connectivity index (χ3v) is 1.38. The Morgan fingerprint density at radius 1 is 1.60 bits per heavy atom. The van der Waals surface area contributed by atoms with E-state index in [0.717, 1.165) is 11.1 Å². The molecule has 1 aliphatic heterocycles. The van der Waals surface area contributed by atoms with Gasteiger partial charge in [0.25, 0.3) is 0 Å². The number of nitriles is 1. The third-order valence-electron chi connectivity index (χ3n) is 1.38. The molecular weight excluding hydrogens is 126 g/mol. The summed E-state index contributed by atoms with van der Waals surface area (Å²) in [7, 11) is 0. The van der Waals surface area contributed by atoms with E-state index in [1.54, 1.807) is 6.26 Å². The first-order valence-corrected chi connectivity index (χ1v) is 3.14. The van der Waals surface area contributed by atoms with Crippen LogP contribution in [0.4, 0.5) is 0 Å². The van der Waals surface area contributed by atoms with E-state index in [0.29, 0.717) is 0 Å². The molecule has 0 fully saturated rings. The van der Waals surface area contributed by atoms with E-state index < -0.39 is 0 Å². The fraction of sp³-hybridized carbons (Fsp3) is 0.375. The zero-order chi connectivity index (χ0) is 7.56. The van der Waals surface area contributed by atoms with Gasteiger partial charge in [0.05, 0.1) is 6.26 Å². The van der Waals surface area contributed by atoms with Crippen LogP contribution in [-0.4, -0.2) is 6.10 Å². The van der Waals surface area contributed by atoms with Crippen LogP contribution in [0, 0.1) is 11.3 Å². The van der Waals surface area contributed by atoms with E-state index in [1.165, 1.54) is 0 Å². The number of allylic oxidation sites excluding steroid dienone is 2. The minimum atomic E-state index is -0.372. The van der Waals surface area contributed by atoms with Crippen molar-refractivity contribution in [1.29, 1.82) is 5.26 Å². The Bertz CT molecular complexity index is 232. The molecule has 0 aromatic heterocycles. The van der Waals surface area contributed by atoms with Gasteiger partial charge in [0, 0.05) is 0 Å². The number of ether oxygens (including phenoxy) is 1. The summed E-state index contributed by atoms with van der Waals surface area (Å²) in [6.07, 6.45) is 3.20. The predicted molar refractivity (Wildman–Crippen MR) is 38.0 cm³/mol. The highest BCUT2D eigenvalue weighted by Gasteiger charge is 2.12. The second-order valence-corrected chi connectivity index (χ2v) is 2.40. The van der Waals surface area contributed by atoms with Crippen LogP contribution in [0.5, 0.6) is 0 Å². The first kappa shape index (κ1) is 6.88. The van der Waals surface area contributed by atoms with Crippen LogP contribution >= 0.6 is 0 Å². The molecule has 0 saturated carbocycles. The maximum Gasteiger partial charge on any atom is 0.204 e. The molecule has 0 aromatic carbocycles. The van der Waals surface area contributed by atoms with Crippen LogP contribution in [0.15, 0.2) is 23.5 Å². The van der Waals surface area contributed by atoms with Crippen molar-refractivity contribution in [2.45, 2.75) is 20.0 Å². The van der Waals surface area contributed by atoms with Gasteiger partial charge in [0.1, 0.15) is 6.07 Å². The number of rotatable bonds is 0. The monoisotopic (exact) mass is 135 g/mol. The second kappa shape index (κ2) is 2.57. The van der Waals surface area contributed by atoms with Crippen LogP contribution in [0.3, 0.4) is 0 Å². The van der Waals surface area contributed by atoms with Gasteiger partial charge in [-0.15, -0.1) is 0 Å². The highest BCUT2D eigenvalue weighted by molar-refractivity contribution is 5.28. The number of hydrogen-bond acceptors (Lipinski definition) is 2. The fourth-order valence-electron chi connectivity index (χ4n) is 0.884. The van der Waals surface area contributed by atoms with Gasteiger partial charge in [-0.05, 0) is 25.0 Å². The van der Waals surface area contributed by atoms with Gasteiger partial charge in [-0.3, -0.25) is 0 Å². The molecule has 1 rings (SSSR count). The summed E-state index contributed by atoms with van der Waals surface area (Å²) in [6.45, 7) is 3.83. The van der Waals surface area contributed by atoms with Gasteiger partial charge in [-0.25, -0.2) is 0 Å². The maximum absolute atomic E-state index is 8.50. The Hall–Kier alpha value is -1.23. The van der Waals surface area contributed by atoms with Gasteiger partial charge in [-0.1, -0.05) is 6.08 Å². The first-order valence-electron chi connectivity index (χ1n) is 3.14. The lowest BCUT2D eigenvalue weighted by Gasteiger charge is -2.14. The van der Waals surface area contributed by atoms with Crippen LogP contribution in [0.25, 0.3) is 0 Å². The fourth-order valence-corrected chi connectivity index (χ4v) is 0.884. The first-order chi connectivity index (χ1) is 4.74. The summed E-state index contributed by atoms with van der Waals surface area (Å²) in [5.74, 6) is 0. The molecule has 0 radical (unpaired) electrons. The van der Waals surface area contributed by atoms with E-state index in [4.69, 9.17) is 10.00 Å². The smallest absolute Gasteiger partial charge is 0.204 e. The van der Waals surface area contributed by atoms with Crippen molar-refractivity contribution in [3.63, 3.8) is 0 Å². The molecular formula is C8H9NO. The third kappa shape index (κ3) is 1.19. The van der Waals surface area contributed by atoms with Crippen LogP contribution < -0.4 is 0 Å². The van der Waals surface area contributed by atoms with Crippen LogP contribution in [-0.2, 0) is 4.74 Å². The molecule has 1 heterocycles. The van der Waals surface area contributed by atoms with Gasteiger partial charge < -0.3 is 4.74 Å². The highest BCUT2D eigenvalue weighted by Crippen LogP contribution is 2.15. The molecule has 1 unspecified atom stereocenters. The van der Waals surface area contributed by atoms with E-state index >= 15 is 0 Å². The summed E-state index contributed by atoms with van der Waals surface area (Å²) in [6, 6.07) is 2.04. The summed E-state index contributed by atoms with van der Waals surface area (Å²) in [5.41, 5.74) is 2.03. The van der Waals surface area contributed by atoms with Crippen molar-refractivity contribution < 1.29 is 4.74 Å². The van der Waals surface area contributed by atoms with Crippen molar-refractivity contribution in [3.8, 4) is 6.07 Å². The molecule has 1 atom stereocenters. The highest BCUT2D eigenvalue weighted by atomic mass is 16.5. The molecule has 0 bridgehead atoms. The lowest BCUT2D eigenvalue weighted by molar-refractivity contribution is 0.216. The standard InChI is InChI=1S/C8H9NO/c1-6-3-7(2)8(4-9)10-5-6/h3,5,8H,1-2H3. The topological polar surface area (TPSA) is 33.0 Å². The molecule has 0 saturated heterocycles. The molecule has 0 aromatic rings. The Morgan fingerprint density at radius 3 is 2.80 bits per heavy atom. The largest absolute Gasteiger partial charge is 0.478 e. The van der Waals surface area contributed by atoms with E-state index in [9.17, 15) is 0 Å². The van der Waals surface area contributed by atoms with E-state index in [2.05, 4.69) is 0 Å². The minimum Gasteiger partial charge on any atom is -0.478 e. The Balaban J connectivity index is 2.80. The predicted octanol–water partition coefficient (Wildman–Crippen LogP) is 1.76. The summed E-state index contributed by atoms with van der Waals surface area (Å²) >= 11 is 0. The molecule has 2 nitrogen and oxygen atoms in total. The lowest BCUT2D eigenvalue weighted by atomic mass is 10.1. The molecule has 0 N–H and O–H groups in total. The summed E-state index contributed by atoms with van der Waals surface area (Å²) in [5, 5.41) is 8.50. The van der Waals surface area contributed by atoms with Crippen LogP contribution in [0.1, 0.15) is 13.8 Å². The quantitative estimate of drug-likeness (QED) is 0.507. The maximum atomic E-state index is 8.50. The van der Waals surface area contributed by atoms with Gasteiger partial charge in [0.15, 0.2) is 0 Å². The Kier molecular flexibility index (Phi) is 1.77. The number of hydrogen-bond donors (Lipinski definition) is 0. The minimum absolute atomic E-state index is 0.372. The van der Waals surface area contributed by atoms with Gasteiger partial charge in [-0.2, -0.15) is 5.26 Å². The Morgan fingerprint density at radius 2 is 2.30 bits per heavy atom. The van der Waals surface area contributed by atoms with Crippen molar-refractivity contribution in [3.05, 3.63) is 23.5 Å². The van der Waals surface area contributed by atoms with Gasteiger partial charge in [0.2, 0.25) is 6.10 Å². The molecule has 2 heteroatoms. The molecule has 0 amide bonds. The second-order valence-electron chi connectivity index (χ2n) is 2.40. The van der Waals surface area contributed by atoms with Crippen LogP contribution in [0.2, 0.25) is 0 Å². The van der Waals surface area contributed by atoms with Crippen molar-refractivity contribution >= 4 is 0 Å². The Labute approximate surface area is 60.4 Å². The average molecular weight is 135 g/mol. The van der Waals surface area contributed by atoms with Crippen molar-refractivity contribution in [1.82, 2.24) is 0 Å². The summed E-state index contributed by atoms with van der Waals surface area (Å²) in [4.78, 5) is 0. The zero-order valence-electron chi connectivity index (χ0n) is 6.09. The van der Waals surface area contributed by atoms with E-state index in [-0.39, 0.29) is 6.10 Å². The molecule has 0 aliphatic carbocycles. The zero-order valence-corrected chi connectivity index (χ0v) is 6.09. The molecule has 10 heavy (non-hydrogen) atoms.